The smallest absolute Gasteiger partial charge is 0.425 e. The van der Waals surface area contributed by atoms with Gasteiger partial charge < -0.3 is 14.8 Å². The minimum Gasteiger partial charge on any atom is -0.443 e. The van der Waals surface area contributed by atoms with Crippen molar-refractivity contribution in [3.05, 3.63) is 87.0 Å². The second-order valence-electron chi connectivity index (χ2n) is 14.0. The Kier molecular flexibility index (Phi) is 10.7. The molecule has 1 fully saturated rings. The maximum atomic E-state index is 13.2. The molecule has 1 atom stereocenters. The van der Waals surface area contributed by atoms with Crippen LogP contribution in [0.5, 0.6) is 0 Å². The number of benzene rings is 1. The fraction of sp³-hybridized carbons (Fsp3) is 0.417. The van der Waals surface area contributed by atoms with E-state index in [1.165, 1.54) is 23.1 Å². The first-order valence-corrected chi connectivity index (χ1v) is 17.2. The van der Waals surface area contributed by atoms with E-state index in [1.54, 1.807) is 65.9 Å². The highest BCUT2D eigenvalue weighted by Gasteiger charge is 2.34. The first-order valence-electron chi connectivity index (χ1n) is 16.0. The molecule has 3 amide bonds. The van der Waals surface area contributed by atoms with Crippen LogP contribution >= 0.6 is 22.9 Å². The standard InChI is InChI=1S/C36H42ClN5O5S/c1-35(2,3)46-33(44)42(34(45)47-36(4,5)6)31-27-10-9-24(17-26(27)11-14-39-31)20-40-32(43)29-18-28(37)30(48-29)22-41-15-12-25(21-41)16-23-8-7-13-38-19-23/h7-11,13-14,17-19,25H,12,15-16,20-22H2,1-6H3,(H,40,43)/t25-/m0/s1. The molecule has 3 aromatic heterocycles. The van der Waals surface area contributed by atoms with Crippen molar-refractivity contribution < 1.29 is 23.9 Å². The van der Waals surface area contributed by atoms with Crippen LogP contribution in [0.3, 0.4) is 0 Å². The zero-order chi connectivity index (χ0) is 34.6. The third-order valence-electron chi connectivity index (χ3n) is 7.59. The number of ether oxygens (including phenoxy) is 2. The van der Waals surface area contributed by atoms with Gasteiger partial charge >= 0.3 is 12.2 Å². The second-order valence-corrected chi connectivity index (χ2v) is 15.5. The molecule has 254 valence electrons. The van der Waals surface area contributed by atoms with Crippen LogP contribution in [0.25, 0.3) is 10.8 Å². The number of pyridine rings is 2. The van der Waals surface area contributed by atoms with Gasteiger partial charge in [0.15, 0.2) is 5.82 Å². The molecular formula is C36H42ClN5O5S. The SMILES string of the molecule is CC(C)(C)OC(=O)N(C(=O)OC(C)(C)C)c1nccc2cc(CNC(=O)c3cc(Cl)c(CN4CC[C@@H](Cc5cccnc5)C4)s3)ccc12. The summed E-state index contributed by atoms with van der Waals surface area (Å²) in [5.74, 6) is 0.455. The minimum absolute atomic E-state index is 0.0914. The Morgan fingerprint density at radius 1 is 1.00 bits per heavy atom. The third kappa shape index (κ3) is 9.30. The summed E-state index contributed by atoms with van der Waals surface area (Å²) in [6, 6.07) is 13.1. The second kappa shape index (κ2) is 14.6. The Labute approximate surface area is 290 Å². The highest BCUT2D eigenvalue weighted by Crippen LogP contribution is 2.32. The van der Waals surface area contributed by atoms with Gasteiger partial charge in [-0.3, -0.25) is 14.7 Å². The van der Waals surface area contributed by atoms with Crippen molar-refractivity contribution in [2.24, 2.45) is 5.92 Å². The summed E-state index contributed by atoms with van der Waals surface area (Å²) >= 11 is 8.01. The van der Waals surface area contributed by atoms with Crippen LogP contribution in [-0.2, 0) is 29.0 Å². The van der Waals surface area contributed by atoms with Gasteiger partial charge in [0.25, 0.3) is 5.91 Å². The molecule has 48 heavy (non-hydrogen) atoms. The van der Waals surface area contributed by atoms with Crippen LogP contribution < -0.4 is 10.2 Å². The van der Waals surface area contributed by atoms with Crippen molar-refractivity contribution >= 4 is 57.6 Å². The number of carbonyl (C=O) groups excluding carboxylic acids is 3. The molecule has 4 aromatic rings. The van der Waals surface area contributed by atoms with Gasteiger partial charge in [0.05, 0.1) is 9.90 Å². The molecule has 5 rings (SSSR count). The lowest BCUT2D eigenvalue weighted by molar-refractivity contribution is 0.0429. The Morgan fingerprint density at radius 2 is 1.73 bits per heavy atom. The molecule has 1 N–H and O–H groups in total. The highest BCUT2D eigenvalue weighted by atomic mass is 35.5. The summed E-state index contributed by atoms with van der Waals surface area (Å²) in [6.45, 7) is 13.3. The number of hydrogen-bond donors (Lipinski definition) is 1. The molecule has 0 unspecified atom stereocenters. The van der Waals surface area contributed by atoms with Gasteiger partial charge in [-0.25, -0.2) is 14.6 Å². The van der Waals surface area contributed by atoms with Crippen LogP contribution in [0.1, 0.15) is 73.6 Å². The summed E-state index contributed by atoms with van der Waals surface area (Å²) < 4.78 is 11.1. The van der Waals surface area contributed by atoms with Crippen molar-refractivity contribution in [2.45, 2.75) is 78.7 Å². The number of hydrogen-bond acceptors (Lipinski definition) is 9. The number of carbonyl (C=O) groups is 3. The van der Waals surface area contributed by atoms with E-state index in [0.29, 0.717) is 27.7 Å². The van der Waals surface area contributed by atoms with E-state index in [9.17, 15) is 14.4 Å². The lowest BCUT2D eigenvalue weighted by atomic mass is 10.0. The van der Waals surface area contributed by atoms with Gasteiger partial charge in [0.1, 0.15) is 11.2 Å². The molecule has 10 nitrogen and oxygen atoms in total. The van der Waals surface area contributed by atoms with E-state index in [1.807, 2.05) is 24.4 Å². The van der Waals surface area contributed by atoms with Gasteiger partial charge in [0, 0.05) is 48.5 Å². The maximum Gasteiger partial charge on any atom is 0.425 e. The molecule has 12 heteroatoms. The summed E-state index contributed by atoms with van der Waals surface area (Å²) in [4.78, 5) is 52.9. The molecule has 4 heterocycles. The Hall–Kier alpha value is -4.06. The maximum absolute atomic E-state index is 13.2. The number of amides is 3. The fourth-order valence-corrected chi connectivity index (χ4v) is 6.90. The Morgan fingerprint density at radius 3 is 2.40 bits per heavy atom. The predicted octanol–water partition coefficient (Wildman–Crippen LogP) is 8.02. The summed E-state index contributed by atoms with van der Waals surface area (Å²) in [6.07, 6.45) is 5.59. The van der Waals surface area contributed by atoms with Crippen LogP contribution in [0.4, 0.5) is 15.4 Å². The van der Waals surface area contributed by atoms with E-state index in [4.69, 9.17) is 21.1 Å². The number of nitrogens with zero attached hydrogens (tertiary/aromatic N) is 4. The topological polar surface area (TPSA) is 114 Å². The van der Waals surface area contributed by atoms with Crippen molar-refractivity contribution in [2.75, 3.05) is 18.0 Å². The largest absolute Gasteiger partial charge is 0.443 e. The Balaban J connectivity index is 1.24. The number of thiophene rings is 1. The van der Waals surface area contributed by atoms with Crippen LogP contribution in [-0.4, -0.2) is 57.3 Å². The molecule has 1 aliphatic rings. The molecule has 0 bridgehead atoms. The number of aromatic nitrogens is 2. The summed E-state index contributed by atoms with van der Waals surface area (Å²) in [5.41, 5.74) is 0.385. The quantitative estimate of drug-likeness (QED) is 0.198. The van der Waals surface area contributed by atoms with Crippen LogP contribution in [0, 0.1) is 5.92 Å². The normalized spacial score (nSPS) is 15.4. The Bertz CT molecular complexity index is 1760. The average Bonchev–Trinajstić information content (AvgIpc) is 3.60. The fourth-order valence-electron chi connectivity index (χ4n) is 5.54. The van der Waals surface area contributed by atoms with E-state index in [0.717, 1.165) is 46.7 Å². The third-order valence-corrected chi connectivity index (χ3v) is 9.16. The lowest BCUT2D eigenvalue weighted by Crippen LogP contribution is -2.44. The van der Waals surface area contributed by atoms with Crippen LogP contribution in [0.15, 0.2) is 61.1 Å². The molecular weight excluding hydrogens is 650 g/mol. The molecule has 0 spiro atoms. The number of fused-ring (bicyclic) bond motifs is 1. The highest BCUT2D eigenvalue weighted by molar-refractivity contribution is 7.14. The molecule has 1 aromatic carbocycles. The molecule has 0 aliphatic carbocycles. The van der Waals surface area contributed by atoms with Gasteiger partial charge in [-0.1, -0.05) is 29.8 Å². The van der Waals surface area contributed by atoms with Gasteiger partial charge in [-0.15, -0.1) is 11.3 Å². The van der Waals surface area contributed by atoms with Gasteiger partial charge in [-0.05, 0) is 108 Å². The number of imide groups is 1. The molecule has 0 saturated carbocycles. The first kappa shape index (κ1) is 35.3. The van der Waals surface area contributed by atoms with E-state index < -0.39 is 23.4 Å². The van der Waals surface area contributed by atoms with Crippen molar-refractivity contribution in [1.29, 1.82) is 0 Å². The number of anilines is 1. The van der Waals surface area contributed by atoms with E-state index >= 15 is 0 Å². The van der Waals surface area contributed by atoms with Crippen molar-refractivity contribution in [3.8, 4) is 0 Å². The first-order chi connectivity index (χ1) is 22.6. The minimum atomic E-state index is -0.892. The van der Waals surface area contributed by atoms with Crippen LogP contribution in [0.2, 0.25) is 5.02 Å². The molecule has 0 radical (unpaired) electrons. The van der Waals surface area contributed by atoms with Crippen molar-refractivity contribution in [1.82, 2.24) is 20.2 Å². The average molecular weight is 692 g/mol. The van der Waals surface area contributed by atoms with E-state index in [2.05, 4.69) is 26.3 Å². The zero-order valence-electron chi connectivity index (χ0n) is 28.2. The van der Waals surface area contributed by atoms with Crippen molar-refractivity contribution in [3.63, 3.8) is 0 Å². The summed E-state index contributed by atoms with van der Waals surface area (Å²) in [5, 5.41) is 4.86. The molecule has 1 saturated heterocycles. The van der Waals surface area contributed by atoms with Gasteiger partial charge in [-0.2, -0.15) is 4.90 Å². The van der Waals surface area contributed by atoms with Gasteiger partial charge in [0.2, 0.25) is 0 Å². The number of likely N-dealkylation sites (tertiary alicyclic amines) is 1. The summed E-state index contributed by atoms with van der Waals surface area (Å²) in [7, 11) is 0. The van der Waals surface area contributed by atoms with E-state index in [-0.39, 0.29) is 18.3 Å². The number of halogens is 1. The predicted molar refractivity (Wildman–Crippen MR) is 189 cm³/mol. The lowest BCUT2D eigenvalue weighted by Gasteiger charge is -2.28. The number of nitrogens with one attached hydrogen (secondary N) is 1. The monoisotopic (exact) mass is 691 g/mol. The molecule has 1 aliphatic heterocycles. The zero-order valence-corrected chi connectivity index (χ0v) is 29.8. The number of rotatable bonds is 8.